The molecule has 2 N–H and O–H groups in total. The molecular formula is C21H23N3O2S2. The third-order valence-corrected chi connectivity index (χ3v) is 7.06. The van der Waals surface area contributed by atoms with Crippen LogP contribution in [0.4, 0.5) is 0 Å². The maximum Gasteiger partial charge on any atom is 0.259 e. The number of amides is 1. The molecule has 2 heterocycles. The lowest BCUT2D eigenvalue weighted by Crippen LogP contribution is -2.23. The first-order valence-corrected chi connectivity index (χ1v) is 11.5. The highest BCUT2D eigenvalue weighted by molar-refractivity contribution is 7.98. The first kappa shape index (κ1) is 19.2. The second kappa shape index (κ2) is 8.49. The van der Waals surface area contributed by atoms with Crippen molar-refractivity contribution in [3.63, 3.8) is 0 Å². The first-order chi connectivity index (χ1) is 13.6. The number of nitrogens with one attached hydrogen (secondary N) is 2. The van der Waals surface area contributed by atoms with Gasteiger partial charge in [-0.15, -0.1) is 11.3 Å². The highest BCUT2D eigenvalue weighted by atomic mass is 32.2. The van der Waals surface area contributed by atoms with Crippen molar-refractivity contribution in [1.29, 1.82) is 0 Å². The minimum atomic E-state index is -0.0177. The Balaban J connectivity index is 1.26. The monoisotopic (exact) mass is 413 g/mol. The van der Waals surface area contributed by atoms with E-state index >= 15 is 0 Å². The van der Waals surface area contributed by atoms with Crippen LogP contribution in [0, 0.1) is 6.92 Å². The van der Waals surface area contributed by atoms with E-state index in [9.17, 15) is 9.59 Å². The first-order valence-electron chi connectivity index (χ1n) is 9.53. The lowest BCUT2D eigenvalue weighted by molar-refractivity contribution is -0.120. The summed E-state index contributed by atoms with van der Waals surface area (Å²) in [7, 11) is 0. The van der Waals surface area contributed by atoms with Crippen LogP contribution in [-0.2, 0) is 29.9 Å². The molecule has 0 atom stereocenters. The summed E-state index contributed by atoms with van der Waals surface area (Å²) in [5, 5.41) is 3.75. The van der Waals surface area contributed by atoms with Gasteiger partial charge in [-0.25, -0.2) is 4.98 Å². The van der Waals surface area contributed by atoms with Crippen molar-refractivity contribution in [2.24, 2.45) is 0 Å². The largest absolute Gasteiger partial charge is 0.352 e. The summed E-state index contributed by atoms with van der Waals surface area (Å²) in [6.45, 7) is 2.60. The van der Waals surface area contributed by atoms with E-state index in [2.05, 4.69) is 21.4 Å². The molecule has 5 nitrogen and oxygen atoms in total. The van der Waals surface area contributed by atoms with Crippen LogP contribution in [0.3, 0.4) is 0 Å². The molecule has 3 aromatic rings. The average molecular weight is 414 g/mol. The predicted molar refractivity (Wildman–Crippen MR) is 116 cm³/mol. The molecule has 1 amide bonds. The molecule has 0 unspecified atom stereocenters. The van der Waals surface area contributed by atoms with E-state index in [0.717, 1.165) is 35.0 Å². The van der Waals surface area contributed by atoms with Crippen LogP contribution < -0.4 is 10.9 Å². The maximum atomic E-state index is 12.4. The molecule has 1 aromatic carbocycles. The van der Waals surface area contributed by atoms with Crippen LogP contribution in [0.25, 0.3) is 10.2 Å². The van der Waals surface area contributed by atoms with Gasteiger partial charge in [-0.05, 0) is 37.3 Å². The number of aryl methyl sites for hydroxylation is 3. The minimum absolute atomic E-state index is 0.0177. The van der Waals surface area contributed by atoms with Crippen molar-refractivity contribution >= 4 is 39.2 Å². The predicted octanol–water partition coefficient (Wildman–Crippen LogP) is 3.72. The number of H-pyrrole nitrogens is 1. The summed E-state index contributed by atoms with van der Waals surface area (Å²) in [5.74, 6) is 2.05. The fourth-order valence-electron chi connectivity index (χ4n) is 3.56. The fraction of sp³-hybridized carbons (Fsp3) is 0.381. The Kier molecular flexibility index (Phi) is 5.82. The molecular weight excluding hydrogens is 390 g/mol. The summed E-state index contributed by atoms with van der Waals surface area (Å²) >= 11 is 3.28. The third-order valence-electron chi connectivity index (χ3n) is 4.91. The number of nitrogens with zero attached hydrogens (tertiary/aromatic N) is 1. The van der Waals surface area contributed by atoms with Gasteiger partial charge in [0.2, 0.25) is 5.91 Å². The summed E-state index contributed by atoms with van der Waals surface area (Å²) in [6.07, 6.45) is 3.65. The number of hydrogen-bond donors (Lipinski definition) is 2. The molecule has 0 radical (unpaired) electrons. The number of carbonyl (C=O) groups is 1. The zero-order valence-corrected chi connectivity index (χ0v) is 17.5. The highest BCUT2D eigenvalue weighted by Crippen LogP contribution is 2.34. The Hall–Kier alpha value is -2.12. The minimum Gasteiger partial charge on any atom is -0.352 e. The van der Waals surface area contributed by atoms with E-state index in [4.69, 9.17) is 0 Å². The standard InChI is InChI=1S/C21H23N3O2S2/c1-13-4-2-5-14(10-13)11-22-18(25)8-9-27-12-17-23-20(26)19-15-6-3-7-16(15)28-21(19)24-17/h2,4-5,10H,3,6-9,11-12H2,1H3,(H,22,25)(H,23,24,26). The summed E-state index contributed by atoms with van der Waals surface area (Å²) in [6, 6.07) is 8.13. The Morgan fingerprint density at radius 1 is 1.36 bits per heavy atom. The van der Waals surface area contributed by atoms with Gasteiger partial charge in [-0.3, -0.25) is 9.59 Å². The van der Waals surface area contributed by atoms with Crippen LogP contribution in [0.5, 0.6) is 0 Å². The van der Waals surface area contributed by atoms with Crippen LogP contribution in [0.15, 0.2) is 29.1 Å². The van der Waals surface area contributed by atoms with Gasteiger partial charge >= 0.3 is 0 Å². The van der Waals surface area contributed by atoms with Gasteiger partial charge in [-0.1, -0.05) is 29.8 Å². The molecule has 7 heteroatoms. The third kappa shape index (κ3) is 4.31. The molecule has 4 rings (SSSR count). The van der Waals surface area contributed by atoms with Crippen LogP contribution in [0.2, 0.25) is 0 Å². The smallest absolute Gasteiger partial charge is 0.259 e. The second-order valence-electron chi connectivity index (χ2n) is 7.12. The average Bonchev–Trinajstić information content (AvgIpc) is 3.24. The second-order valence-corrected chi connectivity index (χ2v) is 9.31. The van der Waals surface area contributed by atoms with Crippen molar-refractivity contribution in [3.05, 3.63) is 62.0 Å². The zero-order chi connectivity index (χ0) is 19.5. The van der Waals surface area contributed by atoms with Crippen LogP contribution in [0.1, 0.15) is 40.2 Å². The molecule has 0 spiro atoms. The number of aromatic amines is 1. The van der Waals surface area contributed by atoms with Crippen LogP contribution >= 0.6 is 23.1 Å². The SMILES string of the molecule is Cc1cccc(CNC(=O)CCSCc2nc3sc4c(c3c(=O)[nH]2)CCC4)c1. The van der Waals surface area contributed by atoms with E-state index in [0.29, 0.717) is 30.3 Å². The fourth-order valence-corrected chi connectivity index (χ4v) is 5.65. The van der Waals surface area contributed by atoms with E-state index in [1.54, 1.807) is 23.1 Å². The van der Waals surface area contributed by atoms with E-state index in [1.807, 2.05) is 25.1 Å². The number of carbonyl (C=O) groups excluding carboxylic acids is 1. The molecule has 28 heavy (non-hydrogen) atoms. The van der Waals surface area contributed by atoms with Gasteiger partial charge in [-0.2, -0.15) is 11.8 Å². The maximum absolute atomic E-state index is 12.4. The summed E-state index contributed by atoms with van der Waals surface area (Å²) < 4.78 is 0. The van der Waals surface area contributed by atoms with Crippen molar-refractivity contribution < 1.29 is 4.79 Å². The van der Waals surface area contributed by atoms with Gasteiger partial charge < -0.3 is 10.3 Å². The van der Waals surface area contributed by atoms with Crippen LogP contribution in [-0.4, -0.2) is 21.6 Å². The van der Waals surface area contributed by atoms with Gasteiger partial charge in [0.1, 0.15) is 10.7 Å². The Morgan fingerprint density at radius 3 is 3.11 bits per heavy atom. The molecule has 0 fully saturated rings. The van der Waals surface area contributed by atoms with E-state index < -0.39 is 0 Å². The lowest BCUT2D eigenvalue weighted by atomic mass is 10.1. The lowest BCUT2D eigenvalue weighted by Gasteiger charge is -2.06. The van der Waals surface area contributed by atoms with Gasteiger partial charge in [0.05, 0.1) is 11.1 Å². The van der Waals surface area contributed by atoms with Gasteiger partial charge in [0, 0.05) is 23.6 Å². The molecule has 2 aromatic heterocycles. The Labute approximate surface area is 172 Å². The summed E-state index contributed by atoms with van der Waals surface area (Å²) in [5.41, 5.74) is 3.49. The number of thioether (sulfide) groups is 1. The molecule has 1 aliphatic carbocycles. The molecule has 0 bridgehead atoms. The molecule has 1 aliphatic rings. The van der Waals surface area contributed by atoms with Gasteiger partial charge in [0.25, 0.3) is 5.56 Å². The van der Waals surface area contributed by atoms with Crippen molar-refractivity contribution in [2.75, 3.05) is 5.75 Å². The Morgan fingerprint density at radius 2 is 2.25 bits per heavy atom. The molecule has 0 saturated carbocycles. The summed E-state index contributed by atoms with van der Waals surface area (Å²) in [4.78, 5) is 34.2. The Bertz CT molecular complexity index is 1070. The van der Waals surface area contributed by atoms with E-state index in [-0.39, 0.29) is 11.5 Å². The van der Waals surface area contributed by atoms with Crippen molar-refractivity contribution in [2.45, 2.75) is 44.9 Å². The molecule has 0 saturated heterocycles. The molecule has 146 valence electrons. The quantitative estimate of drug-likeness (QED) is 0.579. The van der Waals surface area contributed by atoms with Gasteiger partial charge in [0.15, 0.2) is 0 Å². The topological polar surface area (TPSA) is 74.8 Å². The van der Waals surface area contributed by atoms with Crippen molar-refractivity contribution in [1.82, 2.24) is 15.3 Å². The normalized spacial score (nSPS) is 13.0. The van der Waals surface area contributed by atoms with Crippen molar-refractivity contribution in [3.8, 4) is 0 Å². The van der Waals surface area contributed by atoms with E-state index in [1.165, 1.54) is 16.0 Å². The number of fused-ring (bicyclic) bond motifs is 3. The molecule has 0 aliphatic heterocycles. The number of benzene rings is 1. The number of hydrogen-bond acceptors (Lipinski definition) is 5. The highest BCUT2D eigenvalue weighted by Gasteiger charge is 2.21. The zero-order valence-electron chi connectivity index (χ0n) is 15.8. The number of rotatable bonds is 7. The number of aromatic nitrogens is 2. The number of thiophene rings is 1.